The van der Waals surface area contributed by atoms with E-state index in [4.69, 9.17) is 39.5 Å². The Labute approximate surface area is 158 Å². The van der Waals surface area contributed by atoms with Gasteiger partial charge in [-0.25, -0.2) is 4.98 Å². The Morgan fingerprint density at radius 2 is 1.88 bits per heavy atom. The summed E-state index contributed by atoms with van der Waals surface area (Å²) in [5.41, 5.74) is 1.74. The van der Waals surface area contributed by atoms with Crippen molar-refractivity contribution in [1.82, 2.24) is 14.4 Å². The van der Waals surface area contributed by atoms with Crippen LogP contribution in [0.2, 0.25) is 15.2 Å². The van der Waals surface area contributed by atoms with Gasteiger partial charge in [0.2, 0.25) is 0 Å². The Bertz CT molecular complexity index is 910. The maximum atomic E-state index is 10.7. The van der Waals surface area contributed by atoms with Crippen molar-refractivity contribution in [1.29, 1.82) is 0 Å². The molecule has 3 aromatic rings. The van der Waals surface area contributed by atoms with E-state index in [1.54, 1.807) is 16.5 Å². The largest absolute Gasteiger partial charge is 0.493 e. The van der Waals surface area contributed by atoms with Crippen molar-refractivity contribution in [3.05, 3.63) is 56.7 Å². The van der Waals surface area contributed by atoms with E-state index in [9.17, 15) is 10.2 Å². The Balaban J connectivity index is 2.10. The van der Waals surface area contributed by atoms with Gasteiger partial charge in [0.1, 0.15) is 10.8 Å². The van der Waals surface area contributed by atoms with Crippen LogP contribution < -0.4 is 4.74 Å². The first kappa shape index (κ1) is 18.2. The van der Waals surface area contributed by atoms with Crippen molar-refractivity contribution < 1.29 is 14.9 Å². The van der Waals surface area contributed by atoms with Crippen LogP contribution in [0.3, 0.4) is 0 Å². The van der Waals surface area contributed by atoms with Crippen LogP contribution in [0, 0.1) is 0 Å². The fourth-order valence-corrected chi connectivity index (χ4v) is 3.41. The molecule has 0 aromatic carbocycles. The van der Waals surface area contributed by atoms with E-state index in [1.807, 2.05) is 0 Å². The zero-order chi connectivity index (χ0) is 18.1. The molecule has 0 saturated heterocycles. The number of pyridine rings is 2. The van der Waals surface area contributed by atoms with E-state index in [0.717, 1.165) is 0 Å². The number of hydrogen-bond acceptors (Lipinski definition) is 5. The van der Waals surface area contributed by atoms with E-state index < -0.39 is 6.10 Å². The third kappa shape index (κ3) is 3.28. The minimum Gasteiger partial charge on any atom is -0.493 e. The molecule has 0 saturated carbocycles. The summed E-state index contributed by atoms with van der Waals surface area (Å²) in [4.78, 5) is 8.17. The van der Waals surface area contributed by atoms with E-state index >= 15 is 0 Å². The summed E-state index contributed by atoms with van der Waals surface area (Å²) in [7, 11) is 1.50. The number of methoxy groups -OCH3 is 1. The molecule has 25 heavy (non-hydrogen) atoms. The second-order valence-electron chi connectivity index (χ2n) is 5.29. The maximum Gasteiger partial charge on any atom is 0.181 e. The minimum atomic E-state index is -0.968. The van der Waals surface area contributed by atoms with Crippen LogP contribution >= 0.6 is 34.8 Å². The quantitative estimate of drug-likeness (QED) is 0.683. The molecular formula is C16H14Cl3N3O3. The lowest BCUT2D eigenvalue weighted by Gasteiger charge is -2.16. The van der Waals surface area contributed by atoms with Gasteiger partial charge in [-0.2, -0.15) is 0 Å². The lowest BCUT2D eigenvalue weighted by Crippen LogP contribution is -2.09. The Hall–Kier alpha value is -1.57. The zero-order valence-electron chi connectivity index (χ0n) is 13.1. The molecule has 1 unspecified atom stereocenters. The number of aromatic nitrogens is 3. The van der Waals surface area contributed by atoms with Crippen molar-refractivity contribution in [2.75, 3.05) is 7.11 Å². The van der Waals surface area contributed by atoms with Crippen molar-refractivity contribution in [3.8, 4) is 5.75 Å². The highest BCUT2D eigenvalue weighted by molar-refractivity contribution is 6.35. The number of aliphatic hydroxyl groups excluding tert-OH is 2. The summed E-state index contributed by atoms with van der Waals surface area (Å²) in [5.74, 6) is 0.470. The topological polar surface area (TPSA) is 79.9 Å². The Kier molecular flexibility index (Phi) is 5.36. The van der Waals surface area contributed by atoms with Crippen molar-refractivity contribution in [2.45, 2.75) is 19.1 Å². The molecule has 0 aliphatic rings. The third-order valence-corrected chi connectivity index (χ3v) is 4.87. The standard InChI is InChI=1S/C16H14Cl3N3O3/c1-25-14-3-2-12(22-15(19)11(7-23)21-16(14)22)13(24)4-8-9(17)5-20-6-10(8)18/h2-3,5-6,13,23-24H,4,7H2,1H3. The van der Waals surface area contributed by atoms with E-state index in [0.29, 0.717) is 38.4 Å². The summed E-state index contributed by atoms with van der Waals surface area (Å²) in [6.45, 7) is -0.332. The first-order chi connectivity index (χ1) is 12.0. The molecule has 0 spiro atoms. The van der Waals surface area contributed by atoms with Crippen LogP contribution in [0.15, 0.2) is 24.5 Å². The predicted octanol–water partition coefficient (Wildman–Crippen LogP) is 3.47. The van der Waals surface area contributed by atoms with Gasteiger partial charge in [0, 0.05) is 18.8 Å². The Morgan fingerprint density at radius 3 is 2.48 bits per heavy atom. The number of fused-ring (bicyclic) bond motifs is 1. The van der Waals surface area contributed by atoms with Crippen LogP contribution in [-0.2, 0) is 13.0 Å². The molecular weight excluding hydrogens is 389 g/mol. The highest BCUT2D eigenvalue weighted by atomic mass is 35.5. The molecule has 132 valence electrons. The van der Waals surface area contributed by atoms with E-state index in [-0.39, 0.29) is 18.2 Å². The molecule has 3 rings (SSSR count). The average Bonchev–Trinajstić information content (AvgIpc) is 2.94. The van der Waals surface area contributed by atoms with Crippen LogP contribution in [0.1, 0.15) is 23.1 Å². The maximum absolute atomic E-state index is 10.7. The molecule has 0 radical (unpaired) electrons. The normalized spacial score (nSPS) is 12.6. The van der Waals surface area contributed by atoms with E-state index in [2.05, 4.69) is 9.97 Å². The van der Waals surface area contributed by atoms with Crippen molar-refractivity contribution >= 4 is 40.4 Å². The summed E-state index contributed by atoms with van der Waals surface area (Å²) in [6, 6.07) is 3.35. The molecule has 0 fully saturated rings. The highest BCUT2D eigenvalue weighted by Crippen LogP contribution is 2.33. The number of halogens is 3. The summed E-state index contributed by atoms with van der Waals surface area (Å²) < 4.78 is 6.82. The van der Waals surface area contributed by atoms with Crippen LogP contribution in [0.25, 0.3) is 5.65 Å². The zero-order valence-corrected chi connectivity index (χ0v) is 15.3. The molecule has 3 aromatic heterocycles. The average molecular weight is 403 g/mol. The third-order valence-electron chi connectivity index (χ3n) is 3.83. The minimum absolute atomic E-state index is 0.157. The fraction of sp³-hybridized carbons (Fsp3) is 0.250. The second kappa shape index (κ2) is 7.35. The number of hydrogen-bond donors (Lipinski definition) is 2. The van der Waals surface area contributed by atoms with Gasteiger partial charge in [-0.15, -0.1) is 0 Å². The smallest absolute Gasteiger partial charge is 0.181 e. The summed E-state index contributed by atoms with van der Waals surface area (Å²) in [6.07, 6.45) is 2.12. The molecule has 6 nitrogen and oxygen atoms in total. The number of imidazole rings is 1. The number of aliphatic hydroxyl groups is 2. The van der Waals surface area contributed by atoms with Gasteiger partial charge < -0.3 is 14.9 Å². The van der Waals surface area contributed by atoms with Gasteiger partial charge in [-0.1, -0.05) is 34.8 Å². The summed E-state index contributed by atoms with van der Waals surface area (Å²) >= 11 is 18.6. The molecule has 9 heteroatoms. The van der Waals surface area contributed by atoms with Gasteiger partial charge in [0.15, 0.2) is 11.4 Å². The first-order valence-electron chi connectivity index (χ1n) is 7.28. The number of nitrogens with zero attached hydrogens (tertiary/aromatic N) is 3. The lowest BCUT2D eigenvalue weighted by atomic mass is 10.1. The second-order valence-corrected chi connectivity index (χ2v) is 6.47. The molecule has 0 aliphatic heterocycles. The van der Waals surface area contributed by atoms with Gasteiger partial charge in [-0.05, 0) is 17.7 Å². The van der Waals surface area contributed by atoms with Gasteiger partial charge >= 0.3 is 0 Å². The SMILES string of the molecule is COc1ccc(C(O)Cc2c(Cl)cncc2Cl)n2c(Cl)c(CO)nc12. The number of ether oxygens (including phenoxy) is 1. The molecule has 1 atom stereocenters. The highest BCUT2D eigenvalue weighted by Gasteiger charge is 2.22. The van der Waals surface area contributed by atoms with Crippen LogP contribution in [-0.4, -0.2) is 31.7 Å². The summed E-state index contributed by atoms with van der Waals surface area (Å²) in [5, 5.41) is 21.1. The molecule has 2 N–H and O–H groups in total. The predicted molar refractivity (Wildman–Crippen MR) is 95.6 cm³/mol. The monoisotopic (exact) mass is 401 g/mol. The fourth-order valence-electron chi connectivity index (χ4n) is 2.61. The first-order valence-corrected chi connectivity index (χ1v) is 8.41. The van der Waals surface area contributed by atoms with Gasteiger partial charge in [0.05, 0.1) is 35.6 Å². The van der Waals surface area contributed by atoms with Crippen molar-refractivity contribution in [3.63, 3.8) is 0 Å². The molecule has 3 heterocycles. The van der Waals surface area contributed by atoms with Gasteiger partial charge in [0.25, 0.3) is 0 Å². The Morgan fingerprint density at radius 1 is 1.20 bits per heavy atom. The molecule has 0 aliphatic carbocycles. The molecule has 0 bridgehead atoms. The number of rotatable bonds is 5. The lowest BCUT2D eigenvalue weighted by molar-refractivity contribution is 0.172. The van der Waals surface area contributed by atoms with Crippen LogP contribution in [0.4, 0.5) is 0 Å². The molecule has 0 amide bonds. The van der Waals surface area contributed by atoms with Gasteiger partial charge in [-0.3, -0.25) is 9.38 Å². The van der Waals surface area contributed by atoms with Crippen molar-refractivity contribution in [2.24, 2.45) is 0 Å². The van der Waals surface area contributed by atoms with Crippen LogP contribution in [0.5, 0.6) is 5.75 Å². The van der Waals surface area contributed by atoms with E-state index in [1.165, 1.54) is 19.5 Å².